The van der Waals surface area contributed by atoms with Crippen LogP contribution in [0, 0.1) is 0 Å². The van der Waals surface area contributed by atoms with Gasteiger partial charge in [-0.2, -0.15) is 0 Å². The van der Waals surface area contributed by atoms with Gasteiger partial charge in [-0.25, -0.2) is 13.6 Å². The second-order valence-corrected chi connectivity index (χ2v) is 6.07. The number of nitrogens with zero attached hydrogens (tertiary/aromatic N) is 1. The lowest BCUT2D eigenvalue weighted by Crippen LogP contribution is -2.27. The lowest BCUT2D eigenvalue weighted by Gasteiger charge is -2.25. The van der Waals surface area contributed by atoms with Gasteiger partial charge in [-0.15, -0.1) is 0 Å². The van der Waals surface area contributed by atoms with Gasteiger partial charge >= 0.3 is 0 Å². The highest BCUT2D eigenvalue weighted by molar-refractivity contribution is 7.89. The van der Waals surface area contributed by atoms with Gasteiger partial charge in [-0.1, -0.05) is 26.0 Å². The van der Waals surface area contributed by atoms with Crippen molar-refractivity contribution in [3.05, 3.63) is 29.8 Å². The molecule has 17 heavy (non-hydrogen) atoms. The van der Waals surface area contributed by atoms with E-state index in [0.29, 0.717) is 0 Å². The van der Waals surface area contributed by atoms with Gasteiger partial charge in [0.15, 0.2) is 0 Å². The Morgan fingerprint density at radius 1 is 1.35 bits per heavy atom. The van der Waals surface area contributed by atoms with E-state index in [1.165, 1.54) is 6.07 Å². The summed E-state index contributed by atoms with van der Waals surface area (Å²) in [6.07, 6.45) is 0. The summed E-state index contributed by atoms with van der Waals surface area (Å²) in [7, 11) is -1.94. The Morgan fingerprint density at radius 3 is 2.41 bits per heavy atom. The summed E-state index contributed by atoms with van der Waals surface area (Å²) in [6.45, 7) is 5.92. The second kappa shape index (κ2) is 4.58. The fourth-order valence-electron chi connectivity index (χ4n) is 1.55. The largest absolute Gasteiger partial charge is 0.297 e. The zero-order valence-corrected chi connectivity index (χ0v) is 11.4. The Kier molecular flexibility index (Phi) is 3.74. The number of hydrogen-bond donors (Lipinski definition) is 1. The van der Waals surface area contributed by atoms with Gasteiger partial charge in [0, 0.05) is 18.2 Å². The smallest absolute Gasteiger partial charge is 0.238 e. The Morgan fingerprint density at radius 2 is 1.94 bits per heavy atom. The Hall–Kier alpha value is -1.20. The van der Waals surface area contributed by atoms with Gasteiger partial charge in [-0.05, 0) is 24.6 Å². The highest BCUT2D eigenvalue weighted by atomic mass is 32.2. The summed E-state index contributed by atoms with van der Waals surface area (Å²) in [5.74, 6) is 0. The zero-order chi connectivity index (χ0) is 13.3. The van der Waals surface area contributed by atoms with Crippen molar-refractivity contribution in [2.75, 3.05) is 7.05 Å². The van der Waals surface area contributed by atoms with Crippen molar-refractivity contribution in [1.29, 1.82) is 0 Å². The van der Waals surface area contributed by atoms with Crippen molar-refractivity contribution in [3.63, 3.8) is 0 Å². The van der Waals surface area contributed by atoms with Crippen molar-refractivity contribution >= 4 is 15.7 Å². The number of primary sulfonamides is 1. The van der Waals surface area contributed by atoms with Crippen LogP contribution in [0.1, 0.15) is 26.3 Å². The molecule has 0 fully saturated rings. The molecular weight excluding hydrogens is 236 g/mol. The molecule has 0 spiro atoms. The first-order valence-electron chi connectivity index (χ1n) is 5.27. The van der Waals surface area contributed by atoms with E-state index < -0.39 is 10.0 Å². The molecule has 0 atom stereocenters. The summed E-state index contributed by atoms with van der Waals surface area (Å²) in [5, 5.41) is 5.12. The Bertz CT molecular complexity index is 545. The van der Waals surface area contributed by atoms with Gasteiger partial charge in [0.25, 0.3) is 0 Å². The standard InChI is InChI=1S/C12H18N2O2S/c1-9(14-4)12(2,3)10-6-5-7-11(8-10)17(13,15)16/h5-8H,1-4H3,(H2,13,15,16). The zero-order valence-electron chi connectivity index (χ0n) is 10.6. The molecule has 0 aliphatic rings. The fraction of sp³-hybridized carbons (Fsp3) is 0.417. The number of hydrogen-bond acceptors (Lipinski definition) is 3. The highest BCUT2D eigenvalue weighted by Gasteiger charge is 2.24. The summed E-state index contributed by atoms with van der Waals surface area (Å²) in [5.41, 5.74) is 1.51. The van der Waals surface area contributed by atoms with Gasteiger partial charge < -0.3 is 0 Å². The van der Waals surface area contributed by atoms with E-state index in [0.717, 1.165) is 11.3 Å². The fourth-order valence-corrected chi connectivity index (χ4v) is 2.11. The van der Waals surface area contributed by atoms with Crippen LogP contribution in [-0.4, -0.2) is 21.2 Å². The van der Waals surface area contributed by atoms with Gasteiger partial charge in [0.1, 0.15) is 0 Å². The molecule has 1 rings (SSSR count). The predicted octanol–water partition coefficient (Wildman–Crippen LogP) is 1.70. The van der Waals surface area contributed by atoms with Crippen LogP contribution in [0.25, 0.3) is 0 Å². The molecule has 0 aliphatic carbocycles. The van der Waals surface area contributed by atoms with E-state index in [9.17, 15) is 8.42 Å². The maximum Gasteiger partial charge on any atom is 0.238 e. The van der Waals surface area contributed by atoms with Crippen molar-refractivity contribution in [3.8, 4) is 0 Å². The third kappa shape index (κ3) is 2.92. The molecule has 2 N–H and O–H groups in total. The molecule has 0 aromatic heterocycles. The molecule has 94 valence electrons. The molecule has 1 aromatic rings. The number of aliphatic imine (C=N–C) groups is 1. The molecule has 4 nitrogen and oxygen atoms in total. The Labute approximate surface area is 103 Å². The molecule has 0 radical (unpaired) electrons. The summed E-state index contributed by atoms with van der Waals surface area (Å²) >= 11 is 0. The van der Waals surface area contributed by atoms with Crippen LogP contribution in [0.3, 0.4) is 0 Å². The third-order valence-electron chi connectivity index (χ3n) is 3.12. The Balaban J connectivity index is 3.35. The number of sulfonamides is 1. The quantitative estimate of drug-likeness (QED) is 0.834. The average Bonchev–Trinajstić information content (AvgIpc) is 2.27. The van der Waals surface area contributed by atoms with Crippen LogP contribution in [0.5, 0.6) is 0 Å². The SMILES string of the molecule is CN=C(C)C(C)(C)c1cccc(S(N)(=O)=O)c1. The molecule has 0 unspecified atom stereocenters. The topological polar surface area (TPSA) is 72.5 Å². The van der Waals surface area contributed by atoms with Gasteiger partial charge in [0.2, 0.25) is 10.0 Å². The molecule has 0 heterocycles. The minimum Gasteiger partial charge on any atom is -0.297 e. The average molecular weight is 254 g/mol. The molecule has 1 aromatic carbocycles. The van der Waals surface area contributed by atoms with Crippen LogP contribution in [0.2, 0.25) is 0 Å². The first-order valence-corrected chi connectivity index (χ1v) is 6.81. The maximum absolute atomic E-state index is 11.3. The van der Waals surface area contributed by atoms with Crippen LogP contribution >= 0.6 is 0 Å². The van der Waals surface area contributed by atoms with E-state index in [1.807, 2.05) is 26.8 Å². The first kappa shape index (κ1) is 13.9. The summed E-state index contributed by atoms with van der Waals surface area (Å²) < 4.78 is 22.6. The highest BCUT2D eigenvalue weighted by Crippen LogP contribution is 2.26. The molecular formula is C12H18N2O2S. The maximum atomic E-state index is 11.3. The monoisotopic (exact) mass is 254 g/mol. The minimum atomic E-state index is -3.66. The second-order valence-electron chi connectivity index (χ2n) is 4.51. The predicted molar refractivity (Wildman–Crippen MR) is 69.9 cm³/mol. The van der Waals surface area contributed by atoms with Crippen LogP contribution < -0.4 is 5.14 Å². The van der Waals surface area contributed by atoms with Crippen LogP contribution in [-0.2, 0) is 15.4 Å². The van der Waals surface area contributed by atoms with E-state index in [4.69, 9.17) is 5.14 Å². The van der Waals surface area contributed by atoms with Crippen molar-refractivity contribution < 1.29 is 8.42 Å². The molecule has 0 aliphatic heterocycles. The van der Waals surface area contributed by atoms with Crippen LogP contribution in [0.15, 0.2) is 34.2 Å². The molecule has 0 bridgehead atoms. The number of rotatable bonds is 3. The summed E-state index contributed by atoms with van der Waals surface area (Å²) in [4.78, 5) is 4.30. The van der Waals surface area contributed by atoms with Crippen molar-refractivity contribution in [1.82, 2.24) is 0 Å². The first-order chi connectivity index (χ1) is 7.69. The normalized spacial score (nSPS) is 13.8. The lowest BCUT2D eigenvalue weighted by atomic mass is 9.80. The third-order valence-corrected chi connectivity index (χ3v) is 4.04. The lowest BCUT2D eigenvalue weighted by molar-refractivity contribution is 0.597. The van der Waals surface area contributed by atoms with E-state index >= 15 is 0 Å². The molecule has 5 heteroatoms. The van der Waals surface area contributed by atoms with E-state index in [1.54, 1.807) is 19.2 Å². The molecule has 0 amide bonds. The van der Waals surface area contributed by atoms with Crippen molar-refractivity contribution in [2.45, 2.75) is 31.1 Å². The van der Waals surface area contributed by atoms with Gasteiger partial charge in [-0.3, -0.25) is 4.99 Å². The minimum absolute atomic E-state index is 0.131. The molecule has 0 saturated heterocycles. The number of benzene rings is 1. The molecule has 0 saturated carbocycles. The van der Waals surface area contributed by atoms with Crippen molar-refractivity contribution in [2.24, 2.45) is 10.1 Å². The van der Waals surface area contributed by atoms with Crippen LogP contribution in [0.4, 0.5) is 0 Å². The summed E-state index contributed by atoms with van der Waals surface area (Å²) in [6, 6.07) is 6.67. The van der Waals surface area contributed by atoms with E-state index in [-0.39, 0.29) is 10.3 Å². The van der Waals surface area contributed by atoms with Gasteiger partial charge in [0.05, 0.1) is 4.90 Å². The van der Waals surface area contributed by atoms with E-state index in [2.05, 4.69) is 4.99 Å². The number of nitrogens with two attached hydrogens (primary N) is 1.